The molecule has 0 saturated carbocycles. The maximum atomic E-state index is 12.4. The van der Waals surface area contributed by atoms with Crippen LogP contribution in [0.2, 0.25) is 0 Å². The zero-order chi connectivity index (χ0) is 6.85. The largest absolute Gasteiger partial charge is 0.270 e. The minimum absolute atomic E-state index is 0.329. The van der Waals surface area contributed by atoms with Crippen LogP contribution < -0.4 is 5.59 Å². The lowest BCUT2D eigenvalue weighted by Gasteiger charge is -1.93. The summed E-state index contributed by atoms with van der Waals surface area (Å²) in [5.41, 5.74) is 0.348. The van der Waals surface area contributed by atoms with Crippen LogP contribution in [0.15, 0.2) is 12.3 Å². The number of rotatable bonds is 0. The van der Waals surface area contributed by atoms with Crippen molar-refractivity contribution in [1.82, 2.24) is 4.98 Å². The molecule has 1 aromatic rings. The number of halogens is 2. The fraction of sp³-hybridized carbons (Fsp3) is 0. The van der Waals surface area contributed by atoms with Crippen LogP contribution in [-0.4, -0.2) is 12.8 Å². The van der Waals surface area contributed by atoms with Crippen molar-refractivity contribution in [3.8, 4) is 0 Å². The van der Waals surface area contributed by atoms with Gasteiger partial charge >= 0.3 is 0 Å². The summed E-state index contributed by atoms with van der Waals surface area (Å²) in [5, 5.41) is 0. The van der Waals surface area contributed by atoms with Crippen molar-refractivity contribution in [2.75, 3.05) is 0 Å². The fourth-order valence-corrected chi connectivity index (χ4v) is 0.887. The van der Waals surface area contributed by atoms with E-state index >= 15 is 0 Å². The molecule has 0 N–H and O–H groups in total. The molecule has 1 aromatic heterocycles. The fourth-order valence-electron chi connectivity index (χ4n) is 0.429. The van der Waals surface area contributed by atoms with E-state index in [-0.39, 0.29) is 5.82 Å². The number of nitrogens with zero attached hydrogens (tertiary/aromatic N) is 1. The predicted molar refractivity (Wildman–Crippen MR) is 42.3 cm³/mol. The molecule has 0 aliphatic heterocycles. The van der Waals surface area contributed by atoms with E-state index in [0.29, 0.717) is 9.16 Å². The highest BCUT2D eigenvalue weighted by atomic mass is 127. The lowest BCUT2D eigenvalue weighted by Crippen LogP contribution is -2.08. The molecule has 4 heteroatoms. The lowest BCUT2D eigenvalue weighted by atomic mass is 10.0. The minimum Gasteiger partial charge on any atom is -0.270 e. The third-order valence-electron chi connectivity index (χ3n) is 0.830. The Morgan fingerprint density at radius 2 is 2.33 bits per heavy atom. The summed E-state index contributed by atoms with van der Waals surface area (Å²) in [6.45, 7) is 0. The van der Waals surface area contributed by atoms with Gasteiger partial charge in [-0.1, -0.05) is 0 Å². The van der Waals surface area contributed by atoms with Crippen LogP contribution in [0.3, 0.4) is 0 Å². The summed E-state index contributed by atoms with van der Waals surface area (Å²) < 4.78 is 12.9. The van der Waals surface area contributed by atoms with Crippen LogP contribution in [0.25, 0.3) is 0 Å². The Morgan fingerprint density at radius 1 is 1.67 bits per heavy atom. The lowest BCUT2D eigenvalue weighted by molar-refractivity contribution is 0.615. The normalized spacial score (nSPS) is 9.56. The number of pyridine rings is 1. The molecule has 1 nitrogen and oxygen atoms in total. The van der Waals surface area contributed by atoms with Gasteiger partial charge in [0, 0.05) is 0 Å². The smallest absolute Gasteiger partial charge is 0.154 e. The Labute approximate surface area is 67.2 Å². The summed E-state index contributed by atoms with van der Waals surface area (Å²) in [5.74, 6) is -0.329. The molecular formula is C5H2BFIN. The van der Waals surface area contributed by atoms with Crippen molar-refractivity contribution in [2.45, 2.75) is 0 Å². The first-order valence-electron chi connectivity index (χ1n) is 2.26. The van der Waals surface area contributed by atoms with Crippen molar-refractivity contribution in [3.63, 3.8) is 0 Å². The summed E-state index contributed by atoms with van der Waals surface area (Å²) >= 11 is 1.85. The van der Waals surface area contributed by atoms with Crippen LogP contribution in [-0.2, 0) is 0 Å². The van der Waals surface area contributed by atoms with Gasteiger partial charge in [0.05, 0.1) is 9.77 Å². The standard InChI is InChI=1S/C5H2BFIN/c6-5-1-4(8)3(7)2-9-5/h1-2H. The van der Waals surface area contributed by atoms with E-state index in [4.69, 9.17) is 7.85 Å². The van der Waals surface area contributed by atoms with Gasteiger partial charge in [-0.25, -0.2) is 4.39 Å². The van der Waals surface area contributed by atoms with Gasteiger partial charge in [-0.05, 0) is 34.3 Å². The second-order valence-corrected chi connectivity index (χ2v) is 2.69. The zero-order valence-electron chi connectivity index (χ0n) is 4.44. The second-order valence-electron chi connectivity index (χ2n) is 1.52. The van der Waals surface area contributed by atoms with Crippen LogP contribution in [0.5, 0.6) is 0 Å². The van der Waals surface area contributed by atoms with E-state index < -0.39 is 0 Å². The van der Waals surface area contributed by atoms with Crippen LogP contribution in [0, 0.1) is 9.39 Å². The van der Waals surface area contributed by atoms with E-state index in [1.807, 2.05) is 22.6 Å². The summed E-state index contributed by atoms with van der Waals surface area (Å²) in [6.07, 6.45) is 1.11. The van der Waals surface area contributed by atoms with Gasteiger partial charge in [-0.3, -0.25) is 4.98 Å². The third-order valence-corrected chi connectivity index (χ3v) is 1.66. The average Bonchev–Trinajstić information content (AvgIpc) is 1.80. The van der Waals surface area contributed by atoms with Crippen molar-refractivity contribution >= 4 is 36.0 Å². The molecule has 1 rings (SSSR count). The van der Waals surface area contributed by atoms with Crippen LogP contribution >= 0.6 is 22.6 Å². The van der Waals surface area contributed by atoms with E-state index in [1.165, 1.54) is 6.07 Å². The van der Waals surface area contributed by atoms with Gasteiger partial charge in [0.15, 0.2) is 5.82 Å². The molecule has 0 spiro atoms. The second kappa shape index (κ2) is 2.64. The molecule has 0 atom stereocenters. The van der Waals surface area contributed by atoms with E-state index in [1.54, 1.807) is 0 Å². The number of aromatic nitrogens is 1. The number of hydrogen-bond acceptors (Lipinski definition) is 1. The topological polar surface area (TPSA) is 12.9 Å². The highest BCUT2D eigenvalue weighted by molar-refractivity contribution is 14.1. The molecular weight excluding hydrogens is 231 g/mol. The molecule has 44 valence electrons. The first-order chi connectivity index (χ1) is 4.20. The first kappa shape index (κ1) is 6.99. The molecule has 0 fully saturated rings. The molecule has 0 saturated heterocycles. The third kappa shape index (κ3) is 1.64. The quantitative estimate of drug-likeness (QED) is 0.472. The molecule has 0 aliphatic carbocycles. The highest BCUT2D eigenvalue weighted by Crippen LogP contribution is 2.04. The predicted octanol–water partition coefficient (Wildman–Crippen LogP) is 0.619. The molecule has 0 bridgehead atoms. The minimum atomic E-state index is -0.329. The van der Waals surface area contributed by atoms with Gasteiger partial charge in [0.2, 0.25) is 0 Å². The molecule has 0 amide bonds. The Balaban J connectivity index is 3.17. The van der Waals surface area contributed by atoms with Gasteiger partial charge in [-0.15, -0.1) is 0 Å². The Morgan fingerprint density at radius 3 is 2.78 bits per heavy atom. The summed E-state index contributed by atoms with van der Waals surface area (Å²) in [4.78, 5) is 3.54. The van der Waals surface area contributed by atoms with E-state index in [9.17, 15) is 4.39 Å². The van der Waals surface area contributed by atoms with Crippen LogP contribution in [0.4, 0.5) is 4.39 Å². The molecule has 0 aromatic carbocycles. The first-order valence-corrected chi connectivity index (χ1v) is 3.34. The molecule has 1 heterocycles. The van der Waals surface area contributed by atoms with Gasteiger partial charge in [0.25, 0.3) is 0 Å². The molecule has 9 heavy (non-hydrogen) atoms. The van der Waals surface area contributed by atoms with Gasteiger partial charge < -0.3 is 0 Å². The maximum Gasteiger partial charge on any atom is 0.154 e. The van der Waals surface area contributed by atoms with Crippen molar-refractivity contribution in [2.24, 2.45) is 0 Å². The highest BCUT2D eigenvalue weighted by Gasteiger charge is 1.95. The maximum absolute atomic E-state index is 12.4. The Bertz CT molecular complexity index is 228. The molecule has 0 aliphatic rings. The van der Waals surface area contributed by atoms with Gasteiger partial charge in [0.1, 0.15) is 7.85 Å². The molecule has 0 unspecified atom stereocenters. The van der Waals surface area contributed by atoms with Gasteiger partial charge in [-0.2, -0.15) is 0 Å². The Kier molecular flexibility index (Phi) is 2.05. The average molecular weight is 233 g/mol. The summed E-state index contributed by atoms with van der Waals surface area (Å²) in [6, 6.07) is 1.48. The Hall–Kier alpha value is -0.125. The summed E-state index contributed by atoms with van der Waals surface area (Å²) in [7, 11) is 5.24. The van der Waals surface area contributed by atoms with E-state index in [2.05, 4.69) is 4.98 Å². The molecule has 2 radical (unpaired) electrons. The van der Waals surface area contributed by atoms with Crippen LogP contribution in [0.1, 0.15) is 0 Å². The monoisotopic (exact) mass is 233 g/mol. The van der Waals surface area contributed by atoms with Crippen molar-refractivity contribution in [3.05, 3.63) is 21.7 Å². The SMILES string of the molecule is [B]c1cc(I)c(F)cn1. The van der Waals surface area contributed by atoms with Crippen molar-refractivity contribution in [1.29, 1.82) is 0 Å². The number of hydrogen-bond donors (Lipinski definition) is 0. The van der Waals surface area contributed by atoms with E-state index in [0.717, 1.165) is 6.20 Å². The zero-order valence-corrected chi connectivity index (χ0v) is 6.59. The van der Waals surface area contributed by atoms with Crippen molar-refractivity contribution < 1.29 is 4.39 Å².